The Balaban J connectivity index is 1.44. The quantitative estimate of drug-likeness (QED) is 0.237. The summed E-state index contributed by atoms with van der Waals surface area (Å²) in [5, 5.41) is 59.1. The smallest absolute Gasteiger partial charge is 0.251 e. The predicted octanol–water partition coefficient (Wildman–Crippen LogP) is -2.48. The molecule has 0 spiro atoms. The highest BCUT2D eigenvalue weighted by atomic mass is 19.1. The van der Waals surface area contributed by atoms with Crippen LogP contribution < -0.4 is 5.32 Å². The van der Waals surface area contributed by atoms with E-state index in [9.17, 15) is 29.6 Å². The number of rotatable bonds is 9. The van der Waals surface area contributed by atoms with E-state index in [0.717, 1.165) is 0 Å². The molecule has 1 aromatic heterocycles. The molecular formula is C19H25FN4O8. The first-order chi connectivity index (χ1) is 15.3. The van der Waals surface area contributed by atoms with Gasteiger partial charge in [-0.1, -0.05) is 5.21 Å². The number of halogens is 1. The molecule has 32 heavy (non-hydrogen) atoms. The maximum Gasteiger partial charge on any atom is 0.251 e. The van der Waals surface area contributed by atoms with E-state index >= 15 is 0 Å². The summed E-state index contributed by atoms with van der Waals surface area (Å²) in [6.45, 7) is -0.865. The fraction of sp³-hybridized carbons (Fsp3) is 0.526. The van der Waals surface area contributed by atoms with Gasteiger partial charge in [0.15, 0.2) is 6.29 Å². The fourth-order valence-corrected chi connectivity index (χ4v) is 3.06. The van der Waals surface area contributed by atoms with Gasteiger partial charge >= 0.3 is 0 Å². The van der Waals surface area contributed by atoms with Gasteiger partial charge in [0.05, 0.1) is 38.6 Å². The third kappa shape index (κ3) is 6.04. The summed E-state index contributed by atoms with van der Waals surface area (Å²) in [6.07, 6.45) is -6.70. The minimum absolute atomic E-state index is 0.0314. The molecule has 0 bridgehead atoms. The number of carbonyl (C=O) groups excluding carboxylic acids is 1. The molecule has 2 heterocycles. The highest BCUT2D eigenvalue weighted by molar-refractivity contribution is 5.94. The predicted molar refractivity (Wildman–Crippen MR) is 103 cm³/mol. The lowest BCUT2D eigenvalue weighted by molar-refractivity contribution is -0.304. The van der Waals surface area contributed by atoms with Gasteiger partial charge in [-0.3, -0.25) is 4.79 Å². The van der Waals surface area contributed by atoms with Crippen LogP contribution >= 0.6 is 0 Å². The molecule has 1 amide bonds. The summed E-state index contributed by atoms with van der Waals surface area (Å²) in [4.78, 5) is 12.0. The molecule has 2 aromatic rings. The van der Waals surface area contributed by atoms with Crippen molar-refractivity contribution in [3.63, 3.8) is 0 Å². The second-order valence-electron chi connectivity index (χ2n) is 7.31. The Bertz CT molecular complexity index is 880. The summed E-state index contributed by atoms with van der Waals surface area (Å²) in [6, 6.07) is 5.07. The minimum Gasteiger partial charge on any atom is -0.394 e. The van der Waals surface area contributed by atoms with E-state index in [2.05, 4.69) is 15.6 Å². The van der Waals surface area contributed by atoms with Crippen molar-refractivity contribution in [2.45, 2.75) is 49.9 Å². The molecule has 1 saturated heterocycles. The number of carbonyl (C=O) groups is 1. The van der Waals surface area contributed by atoms with Gasteiger partial charge < -0.3 is 40.3 Å². The van der Waals surface area contributed by atoms with Gasteiger partial charge in [-0.15, -0.1) is 5.10 Å². The Morgan fingerprint density at radius 1 is 1.22 bits per heavy atom. The van der Waals surface area contributed by atoms with Crippen molar-refractivity contribution < 1.29 is 44.2 Å². The minimum atomic E-state index is -1.58. The van der Waals surface area contributed by atoms with E-state index in [1.807, 2.05) is 0 Å². The molecule has 0 radical (unpaired) electrons. The molecule has 3 rings (SSSR count). The molecule has 0 aliphatic carbocycles. The Labute approximate surface area is 181 Å². The highest BCUT2D eigenvalue weighted by Gasteiger charge is 2.44. The van der Waals surface area contributed by atoms with E-state index in [1.165, 1.54) is 35.1 Å². The zero-order chi connectivity index (χ0) is 23.3. The molecule has 0 saturated carbocycles. The van der Waals surface area contributed by atoms with Gasteiger partial charge in [0.25, 0.3) is 5.91 Å². The number of aliphatic hydroxyl groups is 5. The lowest BCUT2D eigenvalue weighted by Gasteiger charge is -2.39. The molecule has 13 heteroatoms. The van der Waals surface area contributed by atoms with Gasteiger partial charge in [-0.2, -0.15) is 0 Å². The second-order valence-corrected chi connectivity index (χ2v) is 7.31. The second kappa shape index (κ2) is 10.9. The third-order valence-electron chi connectivity index (χ3n) is 4.82. The molecule has 6 N–H and O–H groups in total. The van der Waals surface area contributed by atoms with Gasteiger partial charge in [-0.05, 0) is 24.3 Å². The van der Waals surface area contributed by atoms with Crippen LogP contribution in [-0.2, 0) is 22.6 Å². The first-order valence-corrected chi connectivity index (χ1v) is 9.81. The standard InChI is InChI=1S/C19H25FN4O8/c20-11-3-1-10(2-4-11)18(30)21-5-12-6-24(23-22-12)7-13(26)9-31-19-17(29)16(28)15(27)14(8-25)32-19/h1-4,6,13-17,19,25-29H,5,7-9H2,(H,21,30)/t13?,14-,15+,16+,17-,19+/m1/s1. The lowest BCUT2D eigenvalue weighted by atomic mass is 9.99. The molecular weight excluding hydrogens is 431 g/mol. The highest BCUT2D eigenvalue weighted by Crippen LogP contribution is 2.22. The number of nitrogens with zero attached hydrogens (tertiary/aromatic N) is 3. The average Bonchev–Trinajstić information content (AvgIpc) is 3.23. The Kier molecular flexibility index (Phi) is 8.20. The van der Waals surface area contributed by atoms with Crippen molar-refractivity contribution in [1.82, 2.24) is 20.3 Å². The topological polar surface area (TPSA) is 179 Å². The molecule has 1 aliphatic heterocycles. The SMILES string of the molecule is O=C(NCc1cn(CC(O)CO[C@H]2O[C@H](CO)[C@H](O)[C@H](O)[C@H]2O)nn1)c1ccc(F)cc1. The molecule has 1 aromatic carbocycles. The van der Waals surface area contributed by atoms with Crippen LogP contribution in [0.4, 0.5) is 4.39 Å². The number of aromatic nitrogens is 3. The Morgan fingerprint density at radius 2 is 1.94 bits per heavy atom. The average molecular weight is 456 g/mol. The number of hydrogen-bond donors (Lipinski definition) is 6. The Morgan fingerprint density at radius 3 is 2.62 bits per heavy atom. The van der Waals surface area contributed by atoms with Crippen LogP contribution in [0.2, 0.25) is 0 Å². The van der Waals surface area contributed by atoms with Crippen LogP contribution in [0.3, 0.4) is 0 Å². The first kappa shape index (κ1) is 24.1. The fourth-order valence-electron chi connectivity index (χ4n) is 3.06. The largest absolute Gasteiger partial charge is 0.394 e. The van der Waals surface area contributed by atoms with Crippen molar-refractivity contribution in [3.8, 4) is 0 Å². The van der Waals surface area contributed by atoms with Crippen LogP contribution in [0.1, 0.15) is 16.1 Å². The zero-order valence-electron chi connectivity index (χ0n) is 16.9. The number of hydrogen-bond acceptors (Lipinski definition) is 10. The molecule has 6 atom stereocenters. The molecule has 12 nitrogen and oxygen atoms in total. The number of benzene rings is 1. The number of nitrogens with one attached hydrogen (secondary N) is 1. The zero-order valence-corrected chi connectivity index (χ0v) is 16.9. The summed E-state index contributed by atoms with van der Waals surface area (Å²) in [7, 11) is 0. The van der Waals surface area contributed by atoms with Crippen molar-refractivity contribution in [1.29, 1.82) is 0 Å². The van der Waals surface area contributed by atoms with Crippen molar-refractivity contribution in [2.75, 3.05) is 13.2 Å². The van der Waals surface area contributed by atoms with Crippen LogP contribution in [0.25, 0.3) is 0 Å². The molecule has 176 valence electrons. The number of ether oxygens (including phenoxy) is 2. The lowest BCUT2D eigenvalue weighted by Crippen LogP contribution is -2.59. The molecule has 1 aliphatic rings. The van der Waals surface area contributed by atoms with Gasteiger partial charge in [0, 0.05) is 5.56 Å². The van der Waals surface area contributed by atoms with Crippen LogP contribution in [0.15, 0.2) is 30.5 Å². The summed E-state index contributed by atoms with van der Waals surface area (Å²) in [5.74, 6) is -0.855. The van der Waals surface area contributed by atoms with Crippen LogP contribution in [-0.4, -0.2) is 96.5 Å². The van der Waals surface area contributed by atoms with E-state index in [4.69, 9.17) is 14.6 Å². The summed E-state index contributed by atoms with van der Waals surface area (Å²) in [5.41, 5.74) is 0.710. The van der Waals surface area contributed by atoms with E-state index < -0.39 is 55.1 Å². The van der Waals surface area contributed by atoms with Crippen molar-refractivity contribution >= 4 is 5.91 Å². The summed E-state index contributed by atoms with van der Waals surface area (Å²) >= 11 is 0. The van der Waals surface area contributed by atoms with Gasteiger partial charge in [0.1, 0.15) is 35.9 Å². The monoisotopic (exact) mass is 456 g/mol. The van der Waals surface area contributed by atoms with Crippen molar-refractivity contribution in [3.05, 3.63) is 47.5 Å². The first-order valence-electron chi connectivity index (χ1n) is 9.81. The van der Waals surface area contributed by atoms with Crippen molar-refractivity contribution in [2.24, 2.45) is 0 Å². The molecule has 1 fully saturated rings. The maximum absolute atomic E-state index is 12.9. The third-order valence-corrected chi connectivity index (χ3v) is 4.82. The van der Waals surface area contributed by atoms with Crippen LogP contribution in [0, 0.1) is 5.82 Å². The summed E-state index contributed by atoms with van der Waals surface area (Å²) < 4.78 is 24.7. The van der Waals surface area contributed by atoms with E-state index in [0.29, 0.717) is 11.3 Å². The van der Waals surface area contributed by atoms with Gasteiger partial charge in [-0.25, -0.2) is 9.07 Å². The number of aliphatic hydroxyl groups excluding tert-OH is 5. The molecule has 1 unspecified atom stereocenters. The van der Waals surface area contributed by atoms with Crippen LogP contribution in [0.5, 0.6) is 0 Å². The van der Waals surface area contributed by atoms with E-state index in [1.54, 1.807) is 0 Å². The number of amides is 1. The Hall–Kier alpha value is -2.52. The van der Waals surface area contributed by atoms with E-state index in [-0.39, 0.29) is 19.7 Å². The van der Waals surface area contributed by atoms with Gasteiger partial charge in [0.2, 0.25) is 0 Å². The maximum atomic E-state index is 12.9. The normalized spacial score (nSPS) is 26.6.